The minimum Gasteiger partial charge on any atom is -1.00 e. The number of aliphatic carboxylic acids is 1. The van der Waals surface area contributed by atoms with E-state index in [-0.39, 0.29) is 59.3 Å². The second-order valence-corrected chi connectivity index (χ2v) is 4.76. The van der Waals surface area contributed by atoms with Crippen molar-refractivity contribution in [2.24, 2.45) is 0 Å². The van der Waals surface area contributed by atoms with Crippen LogP contribution in [0.4, 0.5) is 11.4 Å². The molecule has 24 heavy (non-hydrogen) atoms. The van der Waals surface area contributed by atoms with Crippen LogP contribution in [-0.4, -0.2) is 33.0 Å². The Hall–Kier alpha value is -0.870. The SMILES string of the molecule is O.O.O.O.O=C(O)Cc1ccccc1Nc1c(Cl)cccc1Cl.[H-].[Na+]. The molecule has 0 atom stereocenters. The summed E-state index contributed by atoms with van der Waals surface area (Å²) >= 11 is 12.1. The van der Waals surface area contributed by atoms with E-state index in [1.807, 2.05) is 6.07 Å². The fourth-order valence-corrected chi connectivity index (χ4v) is 2.20. The summed E-state index contributed by atoms with van der Waals surface area (Å²) in [7, 11) is 0. The minimum atomic E-state index is -0.889. The van der Waals surface area contributed by atoms with Crippen molar-refractivity contribution in [2.75, 3.05) is 5.32 Å². The molecular formula is C14H20Cl2NNaO6. The molecule has 0 radical (unpaired) electrons. The first kappa shape index (κ1) is 31.0. The summed E-state index contributed by atoms with van der Waals surface area (Å²) < 4.78 is 0. The quantitative estimate of drug-likeness (QED) is 0.584. The van der Waals surface area contributed by atoms with E-state index in [9.17, 15) is 4.79 Å². The second kappa shape index (κ2) is 14.5. The van der Waals surface area contributed by atoms with Gasteiger partial charge in [-0.3, -0.25) is 4.79 Å². The van der Waals surface area contributed by atoms with Gasteiger partial charge in [0.2, 0.25) is 0 Å². The van der Waals surface area contributed by atoms with Gasteiger partial charge in [0.1, 0.15) is 0 Å². The number of carboxylic acid groups (broad SMARTS) is 1. The average molecular weight is 392 g/mol. The maximum absolute atomic E-state index is 10.8. The molecule has 2 rings (SSSR count). The number of carbonyl (C=O) groups is 1. The standard InChI is InChI=1S/C14H11Cl2NO2.Na.4H2O.H/c15-10-5-3-6-11(16)14(10)17-12-7-2-1-4-9(12)8-13(18)19;;;;;;/h1-7,17H,8H2,(H,18,19);;4*1H2;/q;+1;;;;;-1. The number of hydrogen-bond donors (Lipinski definition) is 2. The van der Waals surface area contributed by atoms with Crippen LogP contribution < -0.4 is 34.9 Å². The summed E-state index contributed by atoms with van der Waals surface area (Å²) in [5.74, 6) is -0.889. The van der Waals surface area contributed by atoms with Crippen LogP contribution in [0.5, 0.6) is 0 Å². The van der Waals surface area contributed by atoms with Gasteiger partial charge in [-0.25, -0.2) is 0 Å². The van der Waals surface area contributed by atoms with Crippen LogP contribution in [0.25, 0.3) is 0 Å². The third-order valence-corrected chi connectivity index (χ3v) is 3.21. The van der Waals surface area contributed by atoms with Gasteiger partial charge in [0.25, 0.3) is 0 Å². The molecule has 0 bridgehead atoms. The monoisotopic (exact) mass is 391 g/mol. The molecule has 0 spiro atoms. The Morgan fingerprint density at radius 2 is 1.46 bits per heavy atom. The van der Waals surface area contributed by atoms with Crippen molar-refractivity contribution in [2.45, 2.75) is 6.42 Å². The number of nitrogens with one attached hydrogen (secondary N) is 1. The van der Waals surface area contributed by atoms with Crippen molar-refractivity contribution < 1.29 is 62.8 Å². The fraction of sp³-hybridized carbons (Fsp3) is 0.0714. The van der Waals surface area contributed by atoms with Crippen molar-refractivity contribution >= 4 is 40.5 Å². The number of hydrogen-bond acceptors (Lipinski definition) is 2. The molecule has 0 aliphatic heterocycles. The molecule has 0 saturated heterocycles. The van der Waals surface area contributed by atoms with Crippen LogP contribution in [0, 0.1) is 0 Å². The second-order valence-electron chi connectivity index (χ2n) is 3.95. The molecular weight excluding hydrogens is 372 g/mol. The van der Waals surface area contributed by atoms with Crippen LogP contribution in [0.2, 0.25) is 10.0 Å². The van der Waals surface area contributed by atoms with Crippen molar-refractivity contribution in [3.05, 3.63) is 58.1 Å². The van der Waals surface area contributed by atoms with E-state index >= 15 is 0 Å². The van der Waals surface area contributed by atoms with Crippen LogP contribution in [0.15, 0.2) is 42.5 Å². The van der Waals surface area contributed by atoms with Gasteiger partial charge < -0.3 is 33.8 Å². The Bertz CT molecular complexity index is 616. The summed E-state index contributed by atoms with van der Waals surface area (Å²) in [5, 5.41) is 12.9. The third-order valence-electron chi connectivity index (χ3n) is 2.58. The maximum atomic E-state index is 10.8. The molecule has 132 valence electrons. The Labute approximate surface area is 172 Å². The molecule has 7 nitrogen and oxygen atoms in total. The van der Waals surface area contributed by atoms with Gasteiger partial charge in [-0.05, 0) is 23.8 Å². The van der Waals surface area contributed by atoms with E-state index in [1.165, 1.54) is 0 Å². The predicted molar refractivity (Wildman–Crippen MR) is 93.1 cm³/mol. The van der Waals surface area contributed by atoms with E-state index in [2.05, 4.69) is 5.32 Å². The zero-order chi connectivity index (χ0) is 13.8. The number of benzene rings is 2. The number of carboxylic acids is 1. The Kier molecular flexibility index (Phi) is 18.7. The first-order valence-corrected chi connectivity index (χ1v) is 6.34. The largest absolute Gasteiger partial charge is 1.00 e. The molecule has 0 aliphatic rings. The number of anilines is 2. The molecule has 10 heteroatoms. The van der Waals surface area contributed by atoms with Crippen LogP contribution in [0.1, 0.15) is 6.99 Å². The number of halogens is 2. The molecule has 0 saturated carbocycles. The Balaban J connectivity index is -0.000000222. The number of rotatable bonds is 4. The Morgan fingerprint density at radius 1 is 0.958 bits per heavy atom. The zero-order valence-corrected chi connectivity index (χ0v) is 16.4. The van der Waals surface area contributed by atoms with E-state index in [1.54, 1.807) is 36.4 Å². The van der Waals surface area contributed by atoms with Crippen LogP contribution in [0.3, 0.4) is 0 Å². The van der Waals surface area contributed by atoms with E-state index in [0.717, 1.165) is 0 Å². The van der Waals surface area contributed by atoms with Crippen molar-refractivity contribution in [3.8, 4) is 0 Å². The first-order valence-electron chi connectivity index (χ1n) is 5.58. The summed E-state index contributed by atoms with van der Waals surface area (Å²) in [6.07, 6.45) is -0.0642. The van der Waals surface area contributed by atoms with Gasteiger partial charge in [-0.2, -0.15) is 0 Å². The minimum absolute atomic E-state index is 0. The molecule has 2 aromatic carbocycles. The third kappa shape index (κ3) is 8.29. The molecule has 0 aliphatic carbocycles. The molecule has 0 fully saturated rings. The van der Waals surface area contributed by atoms with E-state index in [0.29, 0.717) is 27.0 Å². The molecule has 10 N–H and O–H groups in total. The van der Waals surface area contributed by atoms with Crippen molar-refractivity contribution in [1.82, 2.24) is 0 Å². The molecule has 0 unspecified atom stereocenters. The van der Waals surface area contributed by atoms with Crippen molar-refractivity contribution in [3.63, 3.8) is 0 Å². The van der Waals surface area contributed by atoms with Gasteiger partial charge in [0, 0.05) is 5.69 Å². The summed E-state index contributed by atoms with van der Waals surface area (Å²) in [6, 6.07) is 12.3. The summed E-state index contributed by atoms with van der Waals surface area (Å²) in [5.41, 5.74) is 1.93. The molecule has 0 heterocycles. The van der Waals surface area contributed by atoms with Gasteiger partial charge in [-0.15, -0.1) is 0 Å². The first-order chi connectivity index (χ1) is 9.08. The summed E-state index contributed by atoms with van der Waals surface area (Å²) in [6.45, 7) is 0. The maximum Gasteiger partial charge on any atom is 1.00 e. The number of para-hydroxylation sites is 2. The predicted octanol–water partition coefficient (Wildman–Crippen LogP) is -1.82. The smallest absolute Gasteiger partial charge is 1.00 e. The molecule has 2 aromatic rings. The molecule has 0 amide bonds. The van der Waals surface area contributed by atoms with Crippen LogP contribution in [-0.2, 0) is 11.2 Å². The topological polar surface area (TPSA) is 175 Å². The van der Waals surface area contributed by atoms with E-state index < -0.39 is 5.97 Å². The van der Waals surface area contributed by atoms with E-state index in [4.69, 9.17) is 28.3 Å². The van der Waals surface area contributed by atoms with Gasteiger partial charge in [0.15, 0.2) is 0 Å². The van der Waals surface area contributed by atoms with Gasteiger partial charge in [0.05, 0.1) is 22.2 Å². The fourth-order valence-electron chi connectivity index (χ4n) is 1.71. The zero-order valence-electron chi connectivity index (χ0n) is 13.9. The summed E-state index contributed by atoms with van der Waals surface area (Å²) in [4.78, 5) is 10.8. The average Bonchev–Trinajstić information content (AvgIpc) is 2.35. The van der Waals surface area contributed by atoms with Gasteiger partial charge in [-0.1, -0.05) is 47.5 Å². The van der Waals surface area contributed by atoms with Gasteiger partial charge >= 0.3 is 35.5 Å². The van der Waals surface area contributed by atoms with Crippen LogP contribution >= 0.6 is 23.2 Å². The Morgan fingerprint density at radius 3 is 1.96 bits per heavy atom. The molecule has 0 aromatic heterocycles. The van der Waals surface area contributed by atoms with Crippen molar-refractivity contribution in [1.29, 1.82) is 0 Å². The normalized spacial score (nSPS) is 8.08.